The van der Waals surface area contributed by atoms with Crippen molar-refractivity contribution in [2.24, 2.45) is 5.92 Å². The van der Waals surface area contributed by atoms with E-state index in [0.717, 1.165) is 5.56 Å². The van der Waals surface area contributed by atoms with Gasteiger partial charge in [-0.25, -0.2) is 9.37 Å². The summed E-state index contributed by atoms with van der Waals surface area (Å²) in [5.74, 6) is 1.13. The first kappa shape index (κ1) is 19.1. The zero-order valence-corrected chi connectivity index (χ0v) is 15.9. The topological polar surface area (TPSA) is 58.6 Å². The van der Waals surface area contributed by atoms with Gasteiger partial charge in [0.1, 0.15) is 5.82 Å². The summed E-state index contributed by atoms with van der Waals surface area (Å²) in [7, 11) is 1.57. The van der Waals surface area contributed by atoms with Gasteiger partial charge in [-0.05, 0) is 23.6 Å². The Morgan fingerprint density at radius 3 is 2.67 bits per heavy atom. The third kappa shape index (κ3) is 4.53. The standard InChI is InChI=1S/C20H25FN4O2/c1-14(2)17-13-24(20-22-10-8-18(23-20)27-3)11-9-19(26)25(17)12-15-4-6-16(21)7-5-15/h4-8,10,14,17H,9,11-13H2,1-3H3/t17-/m0/s1. The van der Waals surface area contributed by atoms with Crippen molar-refractivity contribution in [3.8, 4) is 5.88 Å². The first-order chi connectivity index (χ1) is 13.0. The number of methoxy groups -OCH3 is 1. The Hall–Kier alpha value is -2.70. The van der Waals surface area contributed by atoms with Gasteiger partial charge >= 0.3 is 0 Å². The van der Waals surface area contributed by atoms with E-state index in [0.29, 0.717) is 37.9 Å². The molecule has 144 valence electrons. The van der Waals surface area contributed by atoms with Crippen molar-refractivity contribution in [2.45, 2.75) is 32.9 Å². The van der Waals surface area contributed by atoms with Gasteiger partial charge in [0.05, 0.1) is 13.2 Å². The van der Waals surface area contributed by atoms with Gasteiger partial charge in [-0.15, -0.1) is 0 Å². The summed E-state index contributed by atoms with van der Waals surface area (Å²) in [6, 6.07) is 8.02. The average molecular weight is 372 g/mol. The molecule has 0 radical (unpaired) electrons. The quantitative estimate of drug-likeness (QED) is 0.808. The lowest BCUT2D eigenvalue weighted by atomic mass is 10.0. The smallest absolute Gasteiger partial charge is 0.228 e. The molecule has 0 saturated carbocycles. The highest BCUT2D eigenvalue weighted by atomic mass is 19.1. The average Bonchev–Trinajstić information content (AvgIpc) is 2.83. The summed E-state index contributed by atoms with van der Waals surface area (Å²) in [4.78, 5) is 25.6. The molecule has 2 heterocycles. The molecule has 1 atom stereocenters. The van der Waals surface area contributed by atoms with Crippen molar-refractivity contribution in [1.82, 2.24) is 14.9 Å². The molecule has 1 aliphatic rings. The van der Waals surface area contributed by atoms with Crippen molar-refractivity contribution in [3.05, 3.63) is 47.9 Å². The molecule has 0 unspecified atom stereocenters. The maximum atomic E-state index is 13.2. The van der Waals surface area contributed by atoms with Crippen LogP contribution in [0.2, 0.25) is 0 Å². The van der Waals surface area contributed by atoms with Crippen LogP contribution in [-0.4, -0.2) is 47.0 Å². The van der Waals surface area contributed by atoms with E-state index in [-0.39, 0.29) is 23.7 Å². The van der Waals surface area contributed by atoms with Crippen LogP contribution in [0.5, 0.6) is 5.88 Å². The van der Waals surface area contributed by atoms with Gasteiger partial charge in [-0.2, -0.15) is 4.98 Å². The normalized spacial score (nSPS) is 18.0. The second kappa shape index (κ2) is 8.33. The number of anilines is 1. The number of rotatable bonds is 5. The zero-order valence-electron chi connectivity index (χ0n) is 15.9. The molecule has 27 heavy (non-hydrogen) atoms. The number of hydrogen-bond acceptors (Lipinski definition) is 5. The molecule has 1 saturated heterocycles. The predicted octanol–water partition coefficient (Wildman–Crippen LogP) is 2.89. The molecular formula is C20H25FN4O2. The number of hydrogen-bond donors (Lipinski definition) is 0. The molecule has 3 rings (SSSR count). The van der Waals surface area contributed by atoms with Crippen molar-refractivity contribution in [2.75, 3.05) is 25.1 Å². The van der Waals surface area contributed by atoms with E-state index in [1.807, 2.05) is 9.80 Å². The summed E-state index contributed by atoms with van der Waals surface area (Å²) in [5.41, 5.74) is 0.918. The Labute approximate surface area is 159 Å². The molecule has 0 aliphatic carbocycles. The van der Waals surface area contributed by atoms with Crippen LogP contribution in [0.4, 0.5) is 10.3 Å². The molecule has 6 nitrogen and oxygen atoms in total. The first-order valence-corrected chi connectivity index (χ1v) is 9.14. The third-order valence-electron chi connectivity index (χ3n) is 4.87. The van der Waals surface area contributed by atoms with Crippen LogP contribution in [0.25, 0.3) is 0 Å². The Kier molecular flexibility index (Phi) is 5.88. The number of nitrogens with zero attached hydrogens (tertiary/aromatic N) is 4. The molecule has 7 heteroatoms. The van der Waals surface area contributed by atoms with E-state index in [1.54, 1.807) is 31.5 Å². The third-order valence-corrected chi connectivity index (χ3v) is 4.87. The monoisotopic (exact) mass is 372 g/mol. The van der Waals surface area contributed by atoms with Crippen molar-refractivity contribution < 1.29 is 13.9 Å². The van der Waals surface area contributed by atoms with Gasteiger partial charge in [0.2, 0.25) is 17.7 Å². The van der Waals surface area contributed by atoms with Crippen LogP contribution in [0.1, 0.15) is 25.8 Å². The van der Waals surface area contributed by atoms with E-state index in [2.05, 4.69) is 23.8 Å². The Morgan fingerprint density at radius 1 is 1.26 bits per heavy atom. The maximum absolute atomic E-state index is 13.2. The first-order valence-electron chi connectivity index (χ1n) is 9.14. The van der Waals surface area contributed by atoms with Gasteiger partial charge < -0.3 is 14.5 Å². The molecule has 1 aromatic heterocycles. The second-order valence-corrected chi connectivity index (χ2v) is 7.05. The molecular weight excluding hydrogens is 347 g/mol. The zero-order chi connectivity index (χ0) is 19.4. The number of ether oxygens (including phenoxy) is 1. The van der Waals surface area contributed by atoms with Crippen LogP contribution >= 0.6 is 0 Å². The van der Waals surface area contributed by atoms with Gasteiger partial charge in [0, 0.05) is 38.3 Å². The number of amides is 1. The maximum Gasteiger partial charge on any atom is 0.228 e. The van der Waals surface area contributed by atoms with Crippen LogP contribution in [0.15, 0.2) is 36.5 Å². The van der Waals surface area contributed by atoms with E-state index < -0.39 is 0 Å². The van der Waals surface area contributed by atoms with E-state index >= 15 is 0 Å². The molecule has 2 aromatic rings. The molecule has 1 aliphatic heterocycles. The van der Waals surface area contributed by atoms with Crippen molar-refractivity contribution in [3.63, 3.8) is 0 Å². The Bertz CT molecular complexity index is 782. The van der Waals surface area contributed by atoms with Gasteiger partial charge in [-0.3, -0.25) is 4.79 Å². The largest absolute Gasteiger partial charge is 0.481 e. The molecule has 1 amide bonds. The van der Waals surface area contributed by atoms with Gasteiger partial charge in [-0.1, -0.05) is 26.0 Å². The fraction of sp³-hybridized carbons (Fsp3) is 0.450. The second-order valence-electron chi connectivity index (χ2n) is 7.05. The fourth-order valence-corrected chi connectivity index (χ4v) is 3.32. The van der Waals surface area contributed by atoms with E-state index in [9.17, 15) is 9.18 Å². The molecule has 0 spiro atoms. The molecule has 1 aromatic carbocycles. The Morgan fingerprint density at radius 2 is 2.00 bits per heavy atom. The number of benzene rings is 1. The lowest BCUT2D eigenvalue weighted by Crippen LogP contribution is -2.46. The molecule has 1 fully saturated rings. The molecule has 0 N–H and O–H groups in total. The van der Waals surface area contributed by atoms with Crippen LogP contribution < -0.4 is 9.64 Å². The van der Waals surface area contributed by atoms with Crippen LogP contribution in [-0.2, 0) is 11.3 Å². The minimum Gasteiger partial charge on any atom is -0.481 e. The highest BCUT2D eigenvalue weighted by Crippen LogP contribution is 2.23. The van der Waals surface area contributed by atoms with Crippen LogP contribution in [0, 0.1) is 11.7 Å². The lowest BCUT2D eigenvalue weighted by molar-refractivity contribution is -0.134. The SMILES string of the molecule is COc1ccnc(N2CCC(=O)N(Cc3ccc(F)cc3)[C@H](C(C)C)C2)n1. The Balaban J connectivity index is 1.84. The fourth-order valence-electron chi connectivity index (χ4n) is 3.32. The molecule has 0 bridgehead atoms. The summed E-state index contributed by atoms with van der Waals surface area (Å²) < 4.78 is 18.4. The summed E-state index contributed by atoms with van der Waals surface area (Å²) >= 11 is 0. The summed E-state index contributed by atoms with van der Waals surface area (Å²) in [6.45, 7) is 5.86. The highest BCUT2D eigenvalue weighted by molar-refractivity contribution is 5.78. The van der Waals surface area contributed by atoms with E-state index in [1.165, 1.54) is 12.1 Å². The minimum atomic E-state index is -0.275. The number of carbonyl (C=O) groups excluding carboxylic acids is 1. The number of aromatic nitrogens is 2. The predicted molar refractivity (Wildman–Crippen MR) is 101 cm³/mol. The van der Waals surface area contributed by atoms with Crippen LogP contribution in [0.3, 0.4) is 0 Å². The van der Waals surface area contributed by atoms with Crippen molar-refractivity contribution in [1.29, 1.82) is 0 Å². The van der Waals surface area contributed by atoms with E-state index in [4.69, 9.17) is 4.74 Å². The number of halogens is 1. The van der Waals surface area contributed by atoms with Gasteiger partial charge in [0.25, 0.3) is 0 Å². The van der Waals surface area contributed by atoms with Crippen molar-refractivity contribution >= 4 is 11.9 Å². The number of carbonyl (C=O) groups is 1. The minimum absolute atomic E-state index is 0.000135. The highest BCUT2D eigenvalue weighted by Gasteiger charge is 2.32. The lowest BCUT2D eigenvalue weighted by Gasteiger charge is -2.34. The van der Waals surface area contributed by atoms with Gasteiger partial charge in [0.15, 0.2) is 0 Å². The summed E-state index contributed by atoms with van der Waals surface area (Å²) in [5, 5.41) is 0. The summed E-state index contributed by atoms with van der Waals surface area (Å²) in [6.07, 6.45) is 2.04.